The number of rotatable bonds is 2. The lowest BCUT2D eigenvalue weighted by Gasteiger charge is -2.01. The molecule has 0 fully saturated rings. The fraction of sp³-hybridized carbons (Fsp3) is 0.143. The summed E-state index contributed by atoms with van der Waals surface area (Å²) in [5.74, 6) is 0.334. The summed E-state index contributed by atoms with van der Waals surface area (Å²) in [6.07, 6.45) is 0. The predicted molar refractivity (Wildman–Crippen MR) is 70.1 cm³/mol. The van der Waals surface area contributed by atoms with Crippen molar-refractivity contribution in [3.8, 4) is 17.3 Å². The van der Waals surface area contributed by atoms with Crippen LogP contribution in [0.3, 0.4) is 0 Å². The number of hydrogen-bond acceptors (Lipinski definition) is 3. The van der Waals surface area contributed by atoms with E-state index in [2.05, 4.69) is 11.1 Å². The first-order valence-corrected chi connectivity index (χ1v) is 5.54. The number of hydrogen-bond donors (Lipinski definition) is 2. The minimum Gasteiger partial charge on any atom is -0.385 e. The number of nitrogen functional groups attached to an aromatic ring is 1. The molecule has 90 valence electrons. The van der Waals surface area contributed by atoms with Gasteiger partial charge in [0, 0.05) is 0 Å². The molecule has 1 aromatic carbocycles. The van der Waals surface area contributed by atoms with Crippen molar-refractivity contribution in [3.05, 3.63) is 41.0 Å². The Labute approximate surface area is 105 Å². The Hall–Kier alpha value is -2.54. The average Bonchev–Trinajstić information content (AvgIpc) is 2.65. The van der Waals surface area contributed by atoms with Gasteiger partial charge < -0.3 is 10.7 Å². The van der Waals surface area contributed by atoms with E-state index in [1.165, 1.54) is 6.92 Å². The third kappa shape index (κ3) is 1.87. The summed E-state index contributed by atoms with van der Waals surface area (Å²) in [6.45, 7) is 3.35. The van der Waals surface area contributed by atoms with Crippen molar-refractivity contribution < 1.29 is 4.79 Å². The number of aromatic nitrogens is 1. The highest BCUT2D eigenvalue weighted by Crippen LogP contribution is 2.29. The van der Waals surface area contributed by atoms with Gasteiger partial charge in [0.25, 0.3) is 0 Å². The van der Waals surface area contributed by atoms with Crippen molar-refractivity contribution in [2.45, 2.75) is 13.8 Å². The normalized spacial score (nSPS) is 10.1. The van der Waals surface area contributed by atoms with Gasteiger partial charge in [-0.2, -0.15) is 5.26 Å². The summed E-state index contributed by atoms with van der Waals surface area (Å²) >= 11 is 0. The van der Waals surface area contributed by atoms with Gasteiger partial charge in [0.1, 0.15) is 5.82 Å². The molecule has 0 radical (unpaired) electrons. The third-order valence-corrected chi connectivity index (χ3v) is 2.93. The largest absolute Gasteiger partial charge is 0.385 e. The molecule has 0 amide bonds. The number of ketones is 1. The Bertz CT molecular complexity index is 645. The van der Waals surface area contributed by atoms with Gasteiger partial charge >= 0.3 is 0 Å². The second-order valence-corrected chi connectivity index (χ2v) is 4.16. The quantitative estimate of drug-likeness (QED) is 0.790. The van der Waals surface area contributed by atoms with Crippen LogP contribution in [0.1, 0.15) is 28.4 Å². The summed E-state index contributed by atoms with van der Waals surface area (Å²) < 4.78 is 0. The topological polar surface area (TPSA) is 82.7 Å². The number of nitriles is 1. The first kappa shape index (κ1) is 11.9. The van der Waals surface area contributed by atoms with Gasteiger partial charge in [-0.3, -0.25) is 4.79 Å². The zero-order chi connectivity index (χ0) is 13.3. The van der Waals surface area contributed by atoms with Crippen LogP contribution in [-0.4, -0.2) is 10.8 Å². The molecular formula is C14H13N3O. The number of aromatic amines is 1. The van der Waals surface area contributed by atoms with Gasteiger partial charge in [-0.1, -0.05) is 12.1 Å². The van der Waals surface area contributed by atoms with E-state index in [0.29, 0.717) is 16.9 Å². The van der Waals surface area contributed by atoms with E-state index in [4.69, 9.17) is 11.0 Å². The minimum absolute atomic E-state index is 0.0545. The lowest BCUT2D eigenvalue weighted by atomic mass is 10.0. The number of carbonyl (C=O) groups is 1. The third-order valence-electron chi connectivity index (χ3n) is 2.93. The number of carbonyl (C=O) groups excluding carboxylic acids is 1. The van der Waals surface area contributed by atoms with Crippen LogP contribution in [0.15, 0.2) is 24.3 Å². The van der Waals surface area contributed by atoms with E-state index in [-0.39, 0.29) is 5.78 Å². The number of H-pyrrole nitrogens is 1. The van der Waals surface area contributed by atoms with E-state index in [9.17, 15) is 4.79 Å². The molecule has 0 spiro atoms. The SMILES string of the molecule is CC(=O)c1c(N)[nH]c(-c2ccc(C#N)cc2)c1C. The Balaban J connectivity index is 2.55. The Morgan fingerprint density at radius 2 is 1.94 bits per heavy atom. The number of anilines is 1. The molecule has 0 aliphatic heterocycles. The van der Waals surface area contributed by atoms with Crippen molar-refractivity contribution in [3.63, 3.8) is 0 Å². The van der Waals surface area contributed by atoms with E-state index < -0.39 is 0 Å². The van der Waals surface area contributed by atoms with Gasteiger partial charge in [0.15, 0.2) is 5.78 Å². The van der Waals surface area contributed by atoms with E-state index >= 15 is 0 Å². The van der Waals surface area contributed by atoms with Crippen molar-refractivity contribution in [1.29, 1.82) is 5.26 Å². The smallest absolute Gasteiger partial charge is 0.163 e. The molecule has 1 heterocycles. The van der Waals surface area contributed by atoms with E-state index in [1.807, 2.05) is 19.1 Å². The molecule has 2 rings (SSSR count). The molecular weight excluding hydrogens is 226 g/mol. The maximum absolute atomic E-state index is 11.5. The highest BCUT2D eigenvalue weighted by molar-refractivity contribution is 6.02. The molecule has 0 saturated heterocycles. The maximum atomic E-state index is 11.5. The molecule has 18 heavy (non-hydrogen) atoms. The summed E-state index contributed by atoms with van der Waals surface area (Å²) in [5.41, 5.74) is 9.51. The van der Waals surface area contributed by atoms with Crippen molar-refractivity contribution in [2.24, 2.45) is 0 Å². The maximum Gasteiger partial charge on any atom is 0.163 e. The van der Waals surface area contributed by atoms with Crippen LogP contribution in [0.2, 0.25) is 0 Å². The molecule has 0 aliphatic rings. The van der Waals surface area contributed by atoms with Gasteiger partial charge in [-0.05, 0) is 37.1 Å². The van der Waals surface area contributed by atoms with Gasteiger partial charge in [-0.15, -0.1) is 0 Å². The van der Waals surface area contributed by atoms with Crippen LogP contribution < -0.4 is 5.73 Å². The lowest BCUT2D eigenvalue weighted by molar-refractivity contribution is 0.101. The van der Waals surface area contributed by atoms with Crippen LogP contribution in [0.25, 0.3) is 11.3 Å². The minimum atomic E-state index is -0.0545. The van der Waals surface area contributed by atoms with Crippen LogP contribution in [-0.2, 0) is 0 Å². The number of benzene rings is 1. The van der Waals surface area contributed by atoms with Gasteiger partial charge in [0.05, 0.1) is 22.9 Å². The molecule has 0 aliphatic carbocycles. The molecule has 0 atom stereocenters. The number of nitrogens with one attached hydrogen (secondary N) is 1. The average molecular weight is 239 g/mol. The summed E-state index contributed by atoms with van der Waals surface area (Å²) in [4.78, 5) is 14.5. The number of nitrogens with zero attached hydrogens (tertiary/aromatic N) is 1. The van der Waals surface area contributed by atoms with Gasteiger partial charge in [0.2, 0.25) is 0 Å². The Morgan fingerprint density at radius 1 is 1.33 bits per heavy atom. The fourth-order valence-corrected chi connectivity index (χ4v) is 2.07. The second kappa shape index (κ2) is 4.38. The molecule has 3 N–H and O–H groups in total. The van der Waals surface area contributed by atoms with Gasteiger partial charge in [-0.25, -0.2) is 0 Å². The highest BCUT2D eigenvalue weighted by atomic mass is 16.1. The Kier molecular flexibility index (Phi) is 2.90. The van der Waals surface area contributed by atoms with Crippen LogP contribution in [0.5, 0.6) is 0 Å². The van der Waals surface area contributed by atoms with Crippen molar-refractivity contribution >= 4 is 11.6 Å². The zero-order valence-corrected chi connectivity index (χ0v) is 10.2. The highest BCUT2D eigenvalue weighted by Gasteiger charge is 2.16. The molecule has 0 bridgehead atoms. The standard InChI is InChI=1S/C14H13N3O/c1-8-12(9(2)18)14(16)17-13(8)11-5-3-10(7-15)4-6-11/h3-6,17H,16H2,1-2H3. The molecule has 4 heteroatoms. The summed E-state index contributed by atoms with van der Waals surface area (Å²) in [7, 11) is 0. The lowest BCUT2D eigenvalue weighted by Crippen LogP contribution is -1.97. The molecule has 0 saturated carbocycles. The molecule has 2 aromatic rings. The first-order valence-electron chi connectivity index (χ1n) is 5.54. The summed E-state index contributed by atoms with van der Waals surface area (Å²) in [6, 6.07) is 9.20. The predicted octanol–water partition coefficient (Wildman–Crippen LogP) is 2.65. The monoisotopic (exact) mass is 239 g/mol. The van der Waals surface area contributed by atoms with Crippen molar-refractivity contribution in [2.75, 3.05) is 5.73 Å². The molecule has 0 unspecified atom stereocenters. The van der Waals surface area contributed by atoms with Crippen LogP contribution >= 0.6 is 0 Å². The van der Waals surface area contributed by atoms with Crippen LogP contribution in [0.4, 0.5) is 5.82 Å². The molecule has 1 aromatic heterocycles. The Morgan fingerprint density at radius 3 is 2.39 bits per heavy atom. The van der Waals surface area contributed by atoms with E-state index in [0.717, 1.165) is 16.8 Å². The number of nitrogens with two attached hydrogens (primary N) is 1. The fourth-order valence-electron chi connectivity index (χ4n) is 2.07. The molecule has 4 nitrogen and oxygen atoms in total. The van der Waals surface area contributed by atoms with Crippen molar-refractivity contribution in [1.82, 2.24) is 4.98 Å². The zero-order valence-electron chi connectivity index (χ0n) is 10.2. The van der Waals surface area contributed by atoms with E-state index in [1.54, 1.807) is 12.1 Å². The first-order chi connectivity index (χ1) is 8.54. The second-order valence-electron chi connectivity index (χ2n) is 4.16. The summed E-state index contributed by atoms with van der Waals surface area (Å²) in [5, 5.41) is 8.75. The van der Waals surface area contributed by atoms with Crippen LogP contribution in [0, 0.1) is 18.3 Å². The number of Topliss-reactive ketones (excluding diaryl/α,β-unsaturated/α-hetero) is 1.